The number of hydrogen-bond acceptors (Lipinski definition) is 5. The van der Waals surface area contributed by atoms with Crippen molar-refractivity contribution in [2.45, 2.75) is 44.1 Å². The molecular weight excluding hydrogens is 210 g/mol. The molecule has 1 N–H and O–H groups in total. The molecule has 2 aliphatic rings. The first-order valence-electron chi connectivity index (χ1n) is 5.19. The van der Waals surface area contributed by atoms with Crippen molar-refractivity contribution in [3.05, 3.63) is 12.2 Å². The van der Waals surface area contributed by atoms with E-state index >= 15 is 0 Å². The Morgan fingerprint density at radius 1 is 1.62 bits per heavy atom. The molecule has 4 atom stereocenters. The topological polar surface area (TPSA) is 75.0 Å². The van der Waals surface area contributed by atoms with Crippen LogP contribution in [0.25, 0.3) is 0 Å². The molecule has 0 radical (unpaired) electrons. The number of aliphatic hydroxyl groups excluding tert-OH is 1. The molecule has 5 heteroatoms. The lowest BCUT2D eigenvalue weighted by molar-refractivity contribution is -0.140. The molecule has 5 nitrogen and oxygen atoms in total. The molecule has 0 spiro atoms. The van der Waals surface area contributed by atoms with Gasteiger partial charge in [-0.05, 0) is 13.8 Å². The van der Waals surface area contributed by atoms with E-state index in [1.54, 1.807) is 0 Å². The van der Waals surface area contributed by atoms with Crippen molar-refractivity contribution in [3.8, 4) is 6.07 Å². The van der Waals surface area contributed by atoms with E-state index in [0.717, 1.165) is 0 Å². The van der Waals surface area contributed by atoms with Gasteiger partial charge in [-0.3, -0.25) is 0 Å². The van der Waals surface area contributed by atoms with Gasteiger partial charge in [0.25, 0.3) is 0 Å². The Hall–Kier alpha value is -0.930. The third-order valence-electron chi connectivity index (χ3n) is 2.77. The van der Waals surface area contributed by atoms with Crippen molar-refractivity contribution in [1.82, 2.24) is 0 Å². The highest BCUT2D eigenvalue weighted by Crippen LogP contribution is 2.37. The highest BCUT2D eigenvalue weighted by Gasteiger charge is 2.54. The number of epoxide rings is 1. The number of nitrogens with zero attached hydrogens (tertiary/aromatic N) is 1. The van der Waals surface area contributed by atoms with Gasteiger partial charge < -0.3 is 19.3 Å². The molecule has 0 aromatic carbocycles. The first kappa shape index (κ1) is 11.6. The van der Waals surface area contributed by atoms with Crippen molar-refractivity contribution >= 4 is 0 Å². The van der Waals surface area contributed by atoms with Crippen LogP contribution in [-0.2, 0) is 14.2 Å². The van der Waals surface area contributed by atoms with Gasteiger partial charge in [0.15, 0.2) is 5.79 Å². The molecule has 16 heavy (non-hydrogen) atoms. The molecule has 0 unspecified atom stereocenters. The molecule has 2 rings (SSSR count). The highest BCUT2D eigenvalue weighted by atomic mass is 16.8. The summed E-state index contributed by atoms with van der Waals surface area (Å²) in [4.78, 5) is 0. The maximum Gasteiger partial charge on any atom is 0.163 e. The van der Waals surface area contributed by atoms with Gasteiger partial charge in [0.1, 0.15) is 24.4 Å². The molecular formula is C11H15NO4. The van der Waals surface area contributed by atoms with Crippen molar-refractivity contribution in [3.63, 3.8) is 0 Å². The first-order valence-corrected chi connectivity index (χ1v) is 5.19. The van der Waals surface area contributed by atoms with Gasteiger partial charge in [0, 0.05) is 0 Å². The second-order valence-corrected chi connectivity index (χ2v) is 4.51. The van der Waals surface area contributed by atoms with Gasteiger partial charge in [-0.1, -0.05) is 6.58 Å². The third-order valence-corrected chi connectivity index (χ3v) is 2.77. The first-order chi connectivity index (χ1) is 7.44. The maximum atomic E-state index is 9.67. The predicted octanol–water partition coefficient (Wildman–Crippen LogP) is 0.346. The van der Waals surface area contributed by atoms with Crippen LogP contribution in [0, 0.1) is 11.3 Å². The summed E-state index contributed by atoms with van der Waals surface area (Å²) in [5, 5.41) is 18.3. The van der Waals surface area contributed by atoms with E-state index in [2.05, 4.69) is 6.58 Å². The van der Waals surface area contributed by atoms with Crippen molar-refractivity contribution in [1.29, 1.82) is 5.26 Å². The van der Waals surface area contributed by atoms with Crippen molar-refractivity contribution < 1.29 is 19.3 Å². The Morgan fingerprint density at radius 3 is 2.81 bits per heavy atom. The van der Waals surface area contributed by atoms with Crippen LogP contribution >= 0.6 is 0 Å². The molecule has 0 amide bonds. The molecule has 0 bridgehead atoms. The van der Waals surface area contributed by atoms with E-state index in [9.17, 15) is 5.11 Å². The van der Waals surface area contributed by atoms with Crippen LogP contribution in [0.3, 0.4) is 0 Å². The standard InChI is InChI=1S/C11H15NO4/c1-6(4-12)8(13)10-9(15-10)7-5-14-11(2,3)16-7/h7-10,13H,1,5H2,2-3H3/t7-,8-,9+,10+/m1/s1. The summed E-state index contributed by atoms with van der Waals surface area (Å²) in [5.41, 5.74) is 0.116. The quantitative estimate of drug-likeness (QED) is 0.554. The fraction of sp³-hybridized carbons (Fsp3) is 0.727. The normalized spacial score (nSPS) is 37.8. The predicted molar refractivity (Wildman–Crippen MR) is 54.3 cm³/mol. The Balaban J connectivity index is 1.89. The third kappa shape index (κ3) is 2.11. The van der Waals surface area contributed by atoms with Crippen LogP contribution < -0.4 is 0 Å². The van der Waals surface area contributed by atoms with E-state index in [1.165, 1.54) is 0 Å². The van der Waals surface area contributed by atoms with Gasteiger partial charge in [0.2, 0.25) is 0 Å². The summed E-state index contributed by atoms with van der Waals surface area (Å²) in [6.45, 7) is 7.56. The molecule has 0 aromatic heterocycles. The van der Waals surface area contributed by atoms with Gasteiger partial charge in [-0.15, -0.1) is 0 Å². The second kappa shape index (κ2) is 3.82. The number of nitriles is 1. The maximum absolute atomic E-state index is 9.67. The van der Waals surface area contributed by atoms with Crippen molar-refractivity contribution in [2.24, 2.45) is 0 Å². The lowest BCUT2D eigenvalue weighted by Gasteiger charge is -2.16. The van der Waals surface area contributed by atoms with Gasteiger partial charge >= 0.3 is 0 Å². The van der Waals surface area contributed by atoms with Crippen LogP contribution in [0.15, 0.2) is 12.2 Å². The number of aliphatic hydroxyl groups is 1. The fourth-order valence-electron chi connectivity index (χ4n) is 1.83. The minimum atomic E-state index is -0.942. The van der Waals surface area contributed by atoms with Crippen LogP contribution in [0.5, 0.6) is 0 Å². The van der Waals surface area contributed by atoms with E-state index in [-0.39, 0.29) is 17.8 Å². The largest absolute Gasteiger partial charge is 0.385 e. The summed E-state index contributed by atoms with van der Waals surface area (Å²) in [5.74, 6) is -0.599. The monoisotopic (exact) mass is 225 g/mol. The number of hydrogen-bond donors (Lipinski definition) is 1. The molecule has 2 aliphatic heterocycles. The van der Waals surface area contributed by atoms with E-state index in [4.69, 9.17) is 19.5 Å². The Bertz CT molecular complexity index is 346. The molecule has 2 fully saturated rings. The molecule has 88 valence electrons. The summed E-state index contributed by atoms with van der Waals surface area (Å²) < 4.78 is 16.3. The zero-order valence-corrected chi connectivity index (χ0v) is 9.34. The van der Waals surface area contributed by atoms with Crippen LogP contribution in [0.2, 0.25) is 0 Å². The van der Waals surface area contributed by atoms with Crippen LogP contribution in [0.1, 0.15) is 13.8 Å². The molecule has 0 saturated carbocycles. The van der Waals surface area contributed by atoms with Gasteiger partial charge in [-0.2, -0.15) is 5.26 Å². The molecule has 2 saturated heterocycles. The number of ether oxygens (including phenoxy) is 3. The van der Waals surface area contributed by atoms with Gasteiger partial charge in [0.05, 0.1) is 18.2 Å². The molecule has 0 aliphatic carbocycles. The van der Waals surface area contributed by atoms with Crippen molar-refractivity contribution in [2.75, 3.05) is 6.61 Å². The SMILES string of the molecule is C=C(C#N)[C@@H](O)[C@@H]1O[C@H]1[C@H]1COC(C)(C)O1. The summed E-state index contributed by atoms with van der Waals surface area (Å²) >= 11 is 0. The summed E-state index contributed by atoms with van der Waals surface area (Å²) in [6.07, 6.45) is -1.72. The average molecular weight is 225 g/mol. The summed E-state index contributed by atoms with van der Waals surface area (Å²) in [6, 6.07) is 1.82. The minimum absolute atomic E-state index is 0.116. The van der Waals surface area contributed by atoms with Crippen LogP contribution in [0.4, 0.5) is 0 Å². The van der Waals surface area contributed by atoms with Crippen LogP contribution in [-0.4, -0.2) is 41.9 Å². The van der Waals surface area contributed by atoms with E-state index in [1.807, 2.05) is 19.9 Å². The molecule has 2 heterocycles. The Morgan fingerprint density at radius 2 is 2.31 bits per heavy atom. The average Bonchev–Trinajstić information content (AvgIpc) is 2.95. The highest BCUT2D eigenvalue weighted by molar-refractivity contribution is 5.25. The fourth-order valence-corrected chi connectivity index (χ4v) is 1.83. The Kier molecular flexibility index (Phi) is 2.76. The van der Waals surface area contributed by atoms with Gasteiger partial charge in [-0.25, -0.2) is 0 Å². The van der Waals surface area contributed by atoms with E-state index in [0.29, 0.717) is 6.61 Å². The zero-order valence-electron chi connectivity index (χ0n) is 9.34. The second-order valence-electron chi connectivity index (χ2n) is 4.51. The lowest BCUT2D eigenvalue weighted by Crippen LogP contribution is -2.28. The number of rotatable bonds is 3. The summed E-state index contributed by atoms with van der Waals surface area (Å²) in [7, 11) is 0. The minimum Gasteiger partial charge on any atom is -0.385 e. The molecule has 0 aromatic rings. The zero-order chi connectivity index (χ0) is 11.9. The smallest absolute Gasteiger partial charge is 0.163 e. The lowest BCUT2D eigenvalue weighted by atomic mass is 10.1. The Labute approximate surface area is 94.2 Å². The van der Waals surface area contributed by atoms with E-state index < -0.39 is 18.0 Å².